The maximum Gasteiger partial charge on any atom is 0.341 e. The van der Waals surface area contributed by atoms with E-state index >= 15 is 0 Å². The van der Waals surface area contributed by atoms with Crippen LogP contribution in [0.4, 0.5) is 0 Å². The van der Waals surface area contributed by atoms with Crippen LogP contribution in [0, 0.1) is 0 Å². The number of rotatable bonds is 2. The summed E-state index contributed by atoms with van der Waals surface area (Å²) in [5, 5.41) is 0. The number of hydrogen-bond donors (Lipinski definition) is 1. The summed E-state index contributed by atoms with van der Waals surface area (Å²) in [4.78, 5) is 11.6. The maximum absolute atomic E-state index is 11.6. The van der Waals surface area contributed by atoms with Gasteiger partial charge in [0.1, 0.15) is 17.1 Å². The summed E-state index contributed by atoms with van der Waals surface area (Å²) in [6.07, 6.45) is 0.736. The largest absolute Gasteiger partial charge is 0.496 e. The van der Waals surface area contributed by atoms with E-state index in [0.29, 0.717) is 23.7 Å². The first-order valence-electron chi connectivity index (χ1n) is 5.36. The van der Waals surface area contributed by atoms with Gasteiger partial charge >= 0.3 is 5.97 Å². The number of carbonyl (C=O) groups excluding carboxylic acids is 1. The van der Waals surface area contributed by atoms with E-state index in [1.165, 1.54) is 14.2 Å². The summed E-state index contributed by atoms with van der Waals surface area (Å²) < 4.78 is 15.3. The molecule has 1 aliphatic rings. The lowest BCUT2D eigenvalue weighted by Gasteiger charge is -2.24. The highest BCUT2D eigenvalue weighted by atomic mass is 16.5. The van der Waals surface area contributed by atoms with Gasteiger partial charge in [-0.2, -0.15) is 0 Å². The second-order valence-electron chi connectivity index (χ2n) is 3.83. The van der Waals surface area contributed by atoms with Crippen molar-refractivity contribution in [2.45, 2.75) is 12.5 Å². The van der Waals surface area contributed by atoms with Gasteiger partial charge in [-0.15, -0.1) is 0 Å². The molecule has 2 N–H and O–H groups in total. The monoisotopic (exact) mass is 237 g/mol. The van der Waals surface area contributed by atoms with Crippen molar-refractivity contribution in [3.8, 4) is 11.5 Å². The summed E-state index contributed by atoms with van der Waals surface area (Å²) in [6, 6.07) is 3.25. The van der Waals surface area contributed by atoms with Crippen LogP contribution < -0.4 is 15.2 Å². The predicted molar refractivity (Wildman–Crippen MR) is 61.4 cm³/mol. The molecule has 1 atom stereocenters. The zero-order chi connectivity index (χ0) is 12.4. The molecule has 92 valence electrons. The van der Waals surface area contributed by atoms with Gasteiger partial charge in [-0.1, -0.05) is 0 Å². The van der Waals surface area contributed by atoms with Crippen LogP contribution in [0.3, 0.4) is 0 Å². The van der Waals surface area contributed by atoms with Crippen LogP contribution in [0.1, 0.15) is 28.4 Å². The van der Waals surface area contributed by atoms with Gasteiger partial charge in [0.25, 0.3) is 0 Å². The molecule has 17 heavy (non-hydrogen) atoms. The van der Waals surface area contributed by atoms with Gasteiger partial charge in [0.15, 0.2) is 0 Å². The highest BCUT2D eigenvalue weighted by Crippen LogP contribution is 2.36. The Morgan fingerprint density at radius 3 is 2.88 bits per heavy atom. The number of carbonyl (C=O) groups is 1. The number of hydrogen-bond acceptors (Lipinski definition) is 5. The number of fused-ring (bicyclic) bond motifs is 1. The number of benzene rings is 1. The smallest absolute Gasteiger partial charge is 0.341 e. The molecule has 1 aliphatic heterocycles. The molecule has 0 aromatic heterocycles. The molecule has 0 spiro atoms. The molecule has 5 heteroatoms. The van der Waals surface area contributed by atoms with E-state index in [1.807, 2.05) is 0 Å². The minimum Gasteiger partial charge on any atom is -0.496 e. The molecular formula is C12H15NO4. The van der Waals surface area contributed by atoms with Crippen molar-refractivity contribution >= 4 is 5.97 Å². The van der Waals surface area contributed by atoms with Crippen molar-refractivity contribution in [3.63, 3.8) is 0 Å². The fourth-order valence-corrected chi connectivity index (χ4v) is 1.88. The van der Waals surface area contributed by atoms with E-state index in [4.69, 9.17) is 19.9 Å². The van der Waals surface area contributed by atoms with Gasteiger partial charge in [0.2, 0.25) is 0 Å². The van der Waals surface area contributed by atoms with E-state index in [1.54, 1.807) is 12.1 Å². The Morgan fingerprint density at radius 1 is 1.47 bits per heavy atom. The Kier molecular flexibility index (Phi) is 3.19. The molecule has 0 aliphatic carbocycles. The van der Waals surface area contributed by atoms with Crippen molar-refractivity contribution in [1.82, 2.24) is 0 Å². The van der Waals surface area contributed by atoms with Crippen LogP contribution >= 0.6 is 0 Å². The highest BCUT2D eigenvalue weighted by molar-refractivity contribution is 5.93. The van der Waals surface area contributed by atoms with Crippen molar-refractivity contribution in [2.24, 2.45) is 5.73 Å². The fraction of sp³-hybridized carbons (Fsp3) is 0.417. The Balaban J connectivity index is 2.52. The summed E-state index contributed by atoms with van der Waals surface area (Å²) in [7, 11) is 2.83. The number of nitrogens with two attached hydrogens (primary N) is 1. The Labute approximate surface area is 99.5 Å². The van der Waals surface area contributed by atoms with Gasteiger partial charge in [0.05, 0.1) is 20.8 Å². The van der Waals surface area contributed by atoms with Gasteiger partial charge in [0, 0.05) is 24.1 Å². The quantitative estimate of drug-likeness (QED) is 0.784. The first-order chi connectivity index (χ1) is 8.17. The van der Waals surface area contributed by atoms with Crippen LogP contribution in [0.15, 0.2) is 12.1 Å². The third-order valence-corrected chi connectivity index (χ3v) is 2.82. The lowest BCUT2D eigenvalue weighted by atomic mass is 9.98. The van der Waals surface area contributed by atoms with Crippen LogP contribution in [0.5, 0.6) is 11.5 Å². The molecule has 0 saturated carbocycles. The molecule has 1 unspecified atom stereocenters. The normalized spacial score (nSPS) is 17.9. The molecule has 0 saturated heterocycles. The topological polar surface area (TPSA) is 70.8 Å². The summed E-state index contributed by atoms with van der Waals surface area (Å²) >= 11 is 0. The van der Waals surface area contributed by atoms with Crippen LogP contribution in [-0.4, -0.2) is 26.8 Å². The van der Waals surface area contributed by atoms with Crippen LogP contribution in [0.2, 0.25) is 0 Å². The zero-order valence-corrected chi connectivity index (χ0v) is 9.86. The lowest BCUT2D eigenvalue weighted by Crippen LogP contribution is -2.21. The molecule has 5 nitrogen and oxygen atoms in total. The summed E-state index contributed by atoms with van der Waals surface area (Å²) in [5.74, 6) is 0.667. The molecule has 1 aromatic carbocycles. The van der Waals surface area contributed by atoms with Gasteiger partial charge in [-0.3, -0.25) is 0 Å². The third kappa shape index (κ3) is 2.06. The SMILES string of the molecule is COC(=O)c1cc2c(cc1OC)OCCC2N. The number of esters is 1. The first-order valence-corrected chi connectivity index (χ1v) is 5.36. The minimum absolute atomic E-state index is 0.118. The van der Waals surface area contributed by atoms with Crippen molar-refractivity contribution < 1.29 is 19.0 Å². The van der Waals surface area contributed by atoms with E-state index < -0.39 is 5.97 Å². The molecule has 1 heterocycles. The Hall–Kier alpha value is -1.75. The van der Waals surface area contributed by atoms with Crippen molar-refractivity contribution in [1.29, 1.82) is 0 Å². The average Bonchev–Trinajstić information content (AvgIpc) is 2.37. The fourth-order valence-electron chi connectivity index (χ4n) is 1.88. The van der Waals surface area contributed by atoms with Crippen molar-refractivity contribution in [2.75, 3.05) is 20.8 Å². The van der Waals surface area contributed by atoms with E-state index in [-0.39, 0.29) is 6.04 Å². The van der Waals surface area contributed by atoms with E-state index in [9.17, 15) is 4.79 Å². The predicted octanol–water partition coefficient (Wildman–Crippen LogP) is 1.26. The molecule has 1 aromatic rings. The lowest BCUT2D eigenvalue weighted by molar-refractivity contribution is 0.0596. The zero-order valence-electron chi connectivity index (χ0n) is 9.86. The molecule has 0 radical (unpaired) electrons. The number of ether oxygens (including phenoxy) is 3. The van der Waals surface area contributed by atoms with Gasteiger partial charge < -0.3 is 19.9 Å². The van der Waals surface area contributed by atoms with Gasteiger partial charge in [-0.25, -0.2) is 4.79 Å². The average molecular weight is 237 g/mol. The van der Waals surface area contributed by atoms with Crippen LogP contribution in [-0.2, 0) is 4.74 Å². The first kappa shape index (κ1) is 11.7. The molecule has 0 amide bonds. The van der Waals surface area contributed by atoms with Crippen molar-refractivity contribution in [3.05, 3.63) is 23.3 Å². The summed E-state index contributed by atoms with van der Waals surface area (Å²) in [5.41, 5.74) is 7.16. The standard InChI is InChI=1S/C12H15NO4/c1-15-10-6-11-7(9(13)3-4-17-11)5-8(10)12(14)16-2/h5-6,9H,3-4,13H2,1-2H3. The summed E-state index contributed by atoms with van der Waals surface area (Å²) in [6.45, 7) is 0.578. The van der Waals surface area contributed by atoms with Gasteiger partial charge in [-0.05, 0) is 6.07 Å². The van der Waals surface area contributed by atoms with Crippen LogP contribution in [0.25, 0.3) is 0 Å². The van der Waals surface area contributed by atoms with E-state index in [2.05, 4.69) is 0 Å². The molecule has 0 fully saturated rings. The highest BCUT2D eigenvalue weighted by Gasteiger charge is 2.23. The molecular weight excluding hydrogens is 222 g/mol. The maximum atomic E-state index is 11.6. The second kappa shape index (κ2) is 4.63. The second-order valence-corrected chi connectivity index (χ2v) is 3.83. The third-order valence-electron chi connectivity index (χ3n) is 2.82. The molecule has 0 bridgehead atoms. The number of methoxy groups -OCH3 is 2. The Morgan fingerprint density at radius 2 is 2.24 bits per heavy atom. The molecule has 2 rings (SSSR count). The Bertz CT molecular complexity index is 444. The minimum atomic E-state index is -0.442. The van der Waals surface area contributed by atoms with E-state index in [0.717, 1.165) is 12.0 Å².